The van der Waals surface area contributed by atoms with Gasteiger partial charge in [0.25, 0.3) is 11.5 Å². The van der Waals surface area contributed by atoms with Crippen LogP contribution in [0.1, 0.15) is 42.2 Å². The maximum absolute atomic E-state index is 12.9. The number of aromatic nitrogens is 2. The molecule has 0 bridgehead atoms. The molecule has 1 aromatic carbocycles. The molecule has 0 radical (unpaired) electrons. The molecule has 1 atom stereocenters. The minimum atomic E-state index is -0.974. The van der Waals surface area contributed by atoms with Gasteiger partial charge in [0.15, 0.2) is 0 Å². The molecule has 3 rings (SSSR count). The van der Waals surface area contributed by atoms with Gasteiger partial charge in [-0.15, -0.1) is 11.3 Å². The number of thiophene rings is 1. The maximum Gasteiger partial charge on any atom is 0.328 e. The number of aromatic amines is 1. The minimum absolute atomic E-state index is 0.0223. The average Bonchev–Trinajstić information content (AvgIpc) is 3.31. The van der Waals surface area contributed by atoms with E-state index in [1.165, 1.54) is 11.3 Å². The van der Waals surface area contributed by atoms with E-state index in [-0.39, 0.29) is 31.6 Å². The quantitative estimate of drug-likeness (QED) is 0.406. The van der Waals surface area contributed by atoms with E-state index in [4.69, 9.17) is 9.47 Å². The number of aryl methyl sites for hydroxylation is 1. The highest BCUT2D eigenvalue weighted by molar-refractivity contribution is 7.18. The minimum Gasteiger partial charge on any atom is -0.466 e. The molecule has 11 heteroatoms. The molecule has 3 aromatic rings. The number of H-pyrrole nitrogens is 1. The Morgan fingerprint density at radius 1 is 1.14 bits per heavy atom. The maximum atomic E-state index is 12.9. The number of hydrogen-bond acceptors (Lipinski definition) is 9. The van der Waals surface area contributed by atoms with Gasteiger partial charge >= 0.3 is 11.9 Å². The number of carbonyl (C=O) groups is 3. The van der Waals surface area contributed by atoms with E-state index in [9.17, 15) is 19.2 Å². The molecule has 0 unspecified atom stereocenters. The van der Waals surface area contributed by atoms with Crippen LogP contribution < -0.4 is 15.8 Å². The van der Waals surface area contributed by atoms with E-state index < -0.39 is 23.9 Å². The van der Waals surface area contributed by atoms with Crippen LogP contribution in [0.4, 0.5) is 10.7 Å². The van der Waals surface area contributed by atoms with Crippen LogP contribution in [0.25, 0.3) is 10.9 Å². The van der Waals surface area contributed by atoms with Crippen LogP contribution in [0.3, 0.4) is 0 Å². The smallest absolute Gasteiger partial charge is 0.328 e. The van der Waals surface area contributed by atoms with Crippen molar-refractivity contribution in [2.45, 2.75) is 39.7 Å². The van der Waals surface area contributed by atoms with Crippen molar-refractivity contribution in [3.05, 3.63) is 51.4 Å². The molecule has 0 aliphatic rings. The Balaban J connectivity index is 1.75. The SMILES string of the molecule is CCOC(=O)CC[C@H](NC(=O)c1ccc(N(C)c2ccc3nc(C)[nH]c(=O)c3c2)s1)C(=O)OCC. The summed E-state index contributed by atoms with van der Waals surface area (Å²) in [5.41, 5.74) is 1.13. The first-order valence-corrected chi connectivity index (χ1v) is 12.0. The summed E-state index contributed by atoms with van der Waals surface area (Å²) in [7, 11) is 1.82. The summed E-state index contributed by atoms with van der Waals surface area (Å²) in [4.78, 5) is 58.4. The third-order valence-electron chi connectivity index (χ3n) is 5.16. The Morgan fingerprint density at radius 2 is 1.89 bits per heavy atom. The number of amides is 1. The van der Waals surface area contributed by atoms with Gasteiger partial charge in [0.1, 0.15) is 11.9 Å². The highest BCUT2D eigenvalue weighted by Crippen LogP contribution is 2.31. The van der Waals surface area contributed by atoms with Crippen LogP contribution in [0.2, 0.25) is 0 Å². The molecule has 186 valence electrons. The fourth-order valence-electron chi connectivity index (χ4n) is 3.43. The van der Waals surface area contributed by atoms with Gasteiger partial charge in [-0.05, 0) is 57.5 Å². The van der Waals surface area contributed by atoms with Crippen LogP contribution in [0, 0.1) is 6.92 Å². The predicted octanol–water partition coefficient (Wildman–Crippen LogP) is 3.07. The van der Waals surface area contributed by atoms with Crippen molar-refractivity contribution in [1.82, 2.24) is 15.3 Å². The molecule has 2 aromatic heterocycles. The zero-order valence-electron chi connectivity index (χ0n) is 20.0. The van der Waals surface area contributed by atoms with Gasteiger partial charge in [-0.25, -0.2) is 9.78 Å². The summed E-state index contributed by atoms with van der Waals surface area (Å²) < 4.78 is 9.94. The number of benzene rings is 1. The van der Waals surface area contributed by atoms with Crippen LogP contribution in [0.5, 0.6) is 0 Å². The lowest BCUT2D eigenvalue weighted by molar-refractivity contribution is -0.146. The van der Waals surface area contributed by atoms with Crippen molar-refractivity contribution in [2.24, 2.45) is 0 Å². The summed E-state index contributed by atoms with van der Waals surface area (Å²) in [6.45, 7) is 5.48. The molecule has 35 heavy (non-hydrogen) atoms. The van der Waals surface area contributed by atoms with Crippen molar-refractivity contribution < 1.29 is 23.9 Å². The van der Waals surface area contributed by atoms with Gasteiger partial charge in [0.05, 0.1) is 34.0 Å². The van der Waals surface area contributed by atoms with Gasteiger partial charge < -0.3 is 24.7 Å². The van der Waals surface area contributed by atoms with Crippen LogP contribution in [-0.2, 0) is 19.1 Å². The normalized spacial score (nSPS) is 11.7. The lowest BCUT2D eigenvalue weighted by Gasteiger charge is -2.18. The first-order valence-electron chi connectivity index (χ1n) is 11.2. The number of hydrogen-bond donors (Lipinski definition) is 2. The molecule has 0 fully saturated rings. The highest BCUT2D eigenvalue weighted by Gasteiger charge is 2.25. The number of fused-ring (bicyclic) bond motifs is 1. The number of ether oxygens (including phenoxy) is 2. The topological polar surface area (TPSA) is 131 Å². The van der Waals surface area contributed by atoms with Gasteiger partial charge in [-0.2, -0.15) is 0 Å². The number of rotatable bonds is 10. The molecule has 1 amide bonds. The second kappa shape index (κ2) is 11.6. The second-order valence-corrected chi connectivity index (χ2v) is 8.73. The zero-order valence-corrected chi connectivity index (χ0v) is 20.9. The van der Waals surface area contributed by atoms with Crippen LogP contribution >= 0.6 is 11.3 Å². The Morgan fingerprint density at radius 3 is 2.60 bits per heavy atom. The Hall–Kier alpha value is -3.73. The van der Waals surface area contributed by atoms with E-state index in [0.29, 0.717) is 21.6 Å². The number of carbonyl (C=O) groups excluding carboxylic acids is 3. The first kappa shape index (κ1) is 25.9. The summed E-state index contributed by atoms with van der Waals surface area (Å²) in [6.07, 6.45) is 0.0478. The van der Waals surface area contributed by atoms with E-state index in [1.54, 1.807) is 45.0 Å². The molecule has 10 nitrogen and oxygen atoms in total. The van der Waals surface area contributed by atoms with Crippen molar-refractivity contribution in [2.75, 3.05) is 25.2 Å². The van der Waals surface area contributed by atoms with Crippen molar-refractivity contribution >= 4 is 50.8 Å². The Labute approximate surface area is 206 Å². The summed E-state index contributed by atoms with van der Waals surface area (Å²) in [6, 6.07) is 7.82. The van der Waals surface area contributed by atoms with Crippen molar-refractivity contribution in [3.63, 3.8) is 0 Å². The Kier molecular flexibility index (Phi) is 8.58. The number of esters is 2. The Bertz CT molecular complexity index is 1280. The lowest BCUT2D eigenvalue weighted by atomic mass is 10.1. The molecule has 0 saturated heterocycles. The molecule has 2 N–H and O–H groups in total. The van der Waals surface area contributed by atoms with Gasteiger partial charge in [0.2, 0.25) is 0 Å². The fraction of sp³-hybridized carbons (Fsp3) is 0.375. The molecule has 0 aliphatic carbocycles. The predicted molar refractivity (Wildman–Crippen MR) is 133 cm³/mol. The number of nitrogens with zero attached hydrogens (tertiary/aromatic N) is 2. The first-order chi connectivity index (χ1) is 16.7. The van der Waals surface area contributed by atoms with Crippen LogP contribution in [-0.4, -0.2) is 54.1 Å². The van der Waals surface area contributed by atoms with E-state index in [0.717, 1.165) is 10.7 Å². The average molecular weight is 501 g/mol. The molecule has 0 spiro atoms. The van der Waals surface area contributed by atoms with E-state index in [1.807, 2.05) is 18.0 Å². The van der Waals surface area contributed by atoms with E-state index in [2.05, 4.69) is 15.3 Å². The third-order valence-corrected chi connectivity index (χ3v) is 6.32. The van der Waals surface area contributed by atoms with E-state index >= 15 is 0 Å². The third kappa shape index (κ3) is 6.44. The molecular formula is C24H28N4O6S. The van der Waals surface area contributed by atoms with Gasteiger partial charge in [-0.3, -0.25) is 14.4 Å². The summed E-state index contributed by atoms with van der Waals surface area (Å²) in [5, 5.41) is 3.88. The van der Waals surface area contributed by atoms with Gasteiger partial charge in [-0.1, -0.05) is 0 Å². The van der Waals surface area contributed by atoms with Crippen molar-refractivity contribution in [3.8, 4) is 0 Å². The lowest BCUT2D eigenvalue weighted by Crippen LogP contribution is -2.42. The summed E-state index contributed by atoms with van der Waals surface area (Å²) >= 11 is 1.22. The monoisotopic (exact) mass is 500 g/mol. The summed E-state index contributed by atoms with van der Waals surface area (Å²) in [5.74, 6) is -0.966. The number of anilines is 2. The second-order valence-electron chi connectivity index (χ2n) is 7.67. The van der Waals surface area contributed by atoms with Crippen molar-refractivity contribution in [1.29, 1.82) is 0 Å². The standard InChI is InChI=1S/C24H28N4O6S/c1-5-33-21(29)12-9-18(24(32)34-6-2)27-23(31)19-10-11-20(35-19)28(4)15-7-8-17-16(13-15)22(30)26-14(3)25-17/h7-8,10-11,13,18H,5-6,9,12H2,1-4H3,(H,27,31)(H,25,26,30)/t18-/m0/s1. The largest absolute Gasteiger partial charge is 0.466 e. The number of nitrogens with one attached hydrogen (secondary N) is 2. The zero-order chi connectivity index (χ0) is 25.5. The molecule has 0 aliphatic heterocycles. The molecule has 2 heterocycles. The van der Waals surface area contributed by atoms with Crippen LogP contribution in [0.15, 0.2) is 35.1 Å². The fourth-order valence-corrected chi connectivity index (χ4v) is 4.32. The molecule has 0 saturated carbocycles. The molecular weight excluding hydrogens is 472 g/mol. The highest BCUT2D eigenvalue weighted by atomic mass is 32.1. The van der Waals surface area contributed by atoms with Gasteiger partial charge in [0, 0.05) is 19.2 Å².